The van der Waals surface area contributed by atoms with Crippen LogP contribution >= 0.6 is 11.6 Å². The highest BCUT2D eigenvalue weighted by Gasteiger charge is 2.10. The molecule has 0 aliphatic heterocycles. The Bertz CT molecular complexity index is 159. The Hall–Kier alpha value is -0.500. The molecule has 1 atom stereocenters. The van der Waals surface area contributed by atoms with Gasteiger partial charge in [0.1, 0.15) is 0 Å². The molecule has 0 aliphatic carbocycles. The van der Waals surface area contributed by atoms with Crippen LogP contribution in [0.3, 0.4) is 0 Å². The summed E-state index contributed by atoms with van der Waals surface area (Å²) in [6.45, 7) is 3.59. The Labute approximate surface area is 72.2 Å². The number of allylic oxidation sites excluding steroid dienone is 2. The molecular weight excluding hydrogens is 164 g/mol. The fraction of sp³-hybridized carbons (Fsp3) is 0.625. The average molecular weight is 177 g/mol. The van der Waals surface area contributed by atoms with Gasteiger partial charge in [0, 0.05) is 5.03 Å². The Balaban J connectivity index is 3.78. The second kappa shape index (κ2) is 5.19. The van der Waals surface area contributed by atoms with Gasteiger partial charge in [-0.05, 0) is 13.3 Å². The van der Waals surface area contributed by atoms with Crippen LogP contribution in [-0.4, -0.2) is 13.1 Å². The van der Waals surface area contributed by atoms with E-state index in [-0.39, 0.29) is 11.9 Å². The standard InChI is InChI=1S/C8H13ClO2/c1-6(8(10)11-3)4-5-7(2)9/h5-6H,4H2,1-3H3. The van der Waals surface area contributed by atoms with Crippen LogP contribution in [0.5, 0.6) is 0 Å². The van der Waals surface area contributed by atoms with Crippen molar-refractivity contribution >= 4 is 17.6 Å². The van der Waals surface area contributed by atoms with Gasteiger partial charge in [-0.25, -0.2) is 0 Å². The molecule has 11 heavy (non-hydrogen) atoms. The molecule has 0 aliphatic rings. The van der Waals surface area contributed by atoms with Gasteiger partial charge in [0.25, 0.3) is 0 Å². The number of rotatable bonds is 3. The zero-order valence-corrected chi connectivity index (χ0v) is 7.81. The van der Waals surface area contributed by atoms with Crippen LogP contribution in [0.2, 0.25) is 0 Å². The molecule has 0 heterocycles. The summed E-state index contributed by atoms with van der Waals surface area (Å²) in [7, 11) is 1.39. The Kier molecular flexibility index (Phi) is 4.95. The highest BCUT2D eigenvalue weighted by Crippen LogP contribution is 2.08. The van der Waals surface area contributed by atoms with Crippen molar-refractivity contribution in [3.8, 4) is 0 Å². The zero-order valence-electron chi connectivity index (χ0n) is 7.06. The van der Waals surface area contributed by atoms with Crippen LogP contribution in [0.4, 0.5) is 0 Å². The third-order valence-corrected chi connectivity index (χ3v) is 1.51. The summed E-state index contributed by atoms with van der Waals surface area (Å²) in [5, 5.41) is 0.709. The SMILES string of the molecule is COC(=O)C(C)CC=C(C)Cl. The molecule has 0 N–H and O–H groups in total. The first-order chi connectivity index (χ1) is 5.07. The van der Waals surface area contributed by atoms with Crippen molar-refractivity contribution in [2.24, 2.45) is 5.92 Å². The second-order valence-electron chi connectivity index (χ2n) is 2.45. The van der Waals surface area contributed by atoms with E-state index in [2.05, 4.69) is 4.74 Å². The van der Waals surface area contributed by atoms with E-state index in [9.17, 15) is 4.79 Å². The number of methoxy groups -OCH3 is 1. The van der Waals surface area contributed by atoms with Crippen LogP contribution in [-0.2, 0) is 9.53 Å². The van der Waals surface area contributed by atoms with Gasteiger partial charge < -0.3 is 4.74 Å². The van der Waals surface area contributed by atoms with Crippen LogP contribution in [0.1, 0.15) is 20.3 Å². The van der Waals surface area contributed by atoms with Gasteiger partial charge in [0.2, 0.25) is 0 Å². The van der Waals surface area contributed by atoms with Gasteiger partial charge in [-0.2, -0.15) is 0 Å². The quantitative estimate of drug-likeness (QED) is 0.617. The molecule has 0 rings (SSSR count). The molecule has 2 nitrogen and oxygen atoms in total. The minimum atomic E-state index is -0.195. The van der Waals surface area contributed by atoms with E-state index >= 15 is 0 Å². The molecule has 0 aromatic rings. The maximum atomic E-state index is 10.8. The van der Waals surface area contributed by atoms with Crippen molar-refractivity contribution < 1.29 is 9.53 Å². The number of hydrogen-bond donors (Lipinski definition) is 0. The van der Waals surface area contributed by atoms with Gasteiger partial charge in [-0.3, -0.25) is 4.79 Å². The summed E-state index contributed by atoms with van der Waals surface area (Å²) in [4.78, 5) is 10.8. The molecular formula is C8H13ClO2. The second-order valence-corrected chi connectivity index (χ2v) is 3.05. The van der Waals surface area contributed by atoms with Crippen molar-refractivity contribution in [1.82, 2.24) is 0 Å². The van der Waals surface area contributed by atoms with Crippen molar-refractivity contribution in [2.75, 3.05) is 7.11 Å². The maximum Gasteiger partial charge on any atom is 0.308 e. The molecule has 64 valence electrons. The summed E-state index contributed by atoms with van der Waals surface area (Å²) in [5.74, 6) is -0.298. The van der Waals surface area contributed by atoms with E-state index in [1.165, 1.54) is 7.11 Å². The molecule has 0 amide bonds. The fourth-order valence-corrected chi connectivity index (χ4v) is 0.726. The van der Waals surface area contributed by atoms with E-state index in [0.717, 1.165) is 0 Å². The third kappa shape index (κ3) is 4.85. The van der Waals surface area contributed by atoms with Crippen LogP contribution < -0.4 is 0 Å². The molecule has 3 heteroatoms. The molecule has 0 aromatic carbocycles. The number of carbonyl (C=O) groups is 1. The van der Waals surface area contributed by atoms with Crippen molar-refractivity contribution in [1.29, 1.82) is 0 Å². The first-order valence-electron chi connectivity index (χ1n) is 3.48. The molecule has 0 fully saturated rings. The Morgan fingerprint density at radius 1 is 1.73 bits per heavy atom. The molecule has 0 spiro atoms. The summed E-state index contributed by atoms with van der Waals surface area (Å²) < 4.78 is 4.53. The third-order valence-electron chi connectivity index (χ3n) is 1.36. The highest BCUT2D eigenvalue weighted by atomic mass is 35.5. The van der Waals surface area contributed by atoms with Gasteiger partial charge in [-0.1, -0.05) is 24.6 Å². The zero-order chi connectivity index (χ0) is 8.85. The molecule has 0 saturated heterocycles. The summed E-state index contributed by atoms with van der Waals surface area (Å²) >= 11 is 5.58. The van der Waals surface area contributed by atoms with E-state index in [1.54, 1.807) is 6.92 Å². The minimum absolute atomic E-state index is 0.103. The molecule has 0 saturated carbocycles. The van der Waals surface area contributed by atoms with Gasteiger partial charge in [0.15, 0.2) is 0 Å². The van der Waals surface area contributed by atoms with E-state index in [1.807, 2.05) is 13.0 Å². The van der Waals surface area contributed by atoms with Gasteiger partial charge in [0.05, 0.1) is 13.0 Å². The summed E-state index contributed by atoms with van der Waals surface area (Å²) in [6.07, 6.45) is 2.45. The maximum absolute atomic E-state index is 10.8. The number of esters is 1. The number of carbonyl (C=O) groups excluding carboxylic acids is 1. The smallest absolute Gasteiger partial charge is 0.308 e. The monoisotopic (exact) mass is 176 g/mol. The molecule has 0 bridgehead atoms. The number of ether oxygens (including phenoxy) is 1. The lowest BCUT2D eigenvalue weighted by molar-refractivity contribution is -0.144. The molecule has 1 unspecified atom stereocenters. The van der Waals surface area contributed by atoms with E-state index < -0.39 is 0 Å². The van der Waals surface area contributed by atoms with E-state index in [4.69, 9.17) is 11.6 Å². The predicted octanol–water partition coefficient (Wildman–Crippen LogP) is 2.33. The lowest BCUT2D eigenvalue weighted by Crippen LogP contribution is -2.11. The largest absolute Gasteiger partial charge is 0.469 e. The van der Waals surface area contributed by atoms with Crippen LogP contribution in [0, 0.1) is 5.92 Å². The average Bonchev–Trinajstić information content (AvgIpc) is 1.98. The first kappa shape index (κ1) is 10.5. The molecule has 0 aromatic heterocycles. The Morgan fingerprint density at radius 3 is 2.64 bits per heavy atom. The van der Waals surface area contributed by atoms with Crippen LogP contribution in [0.15, 0.2) is 11.1 Å². The summed E-state index contributed by atoms with van der Waals surface area (Å²) in [6, 6.07) is 0. The number of hydrogen-bond acceptors (Lipinski definition) is 2. The van der Waals surface area contributed by atoms with Gasteiger partial charge >= 0.3 is 5.97 Å². The Morgan fingerprint density at radius 2 is 2.27 bits per heavy atom. The lowest BCUT2D eigenvalue weighted by Gasteiger charge is -2.04. The lowest BCUT2D eigenvalue weighted by atomic mass is 10.1. The fourth-order valence-electron chi connectivity index (χ4n) is 0.637. The minimum Gasteiger partial charge on any atom is -0.469 e. The normalized spacial score (nSPS) is 14.4. The van der Waals surface area contributed by atoms with E-state index in [0.29, 0.717) is 11.5 Å². The van der Waals surface area contributed by atoms with Crippen molar-refractivity contribution in [2.45, 2.75) is 20.3 Å². The van der Waals surface area contributed by atoms with Gasteiger partial charge in [-0.15, -0.1) is 0 Å². The number of halogens is 1. The summed E-state index contributed by atoms with van der Waals surface area (Å²) in [5.41, 5.74) is 0. The first-order valence-corrected chi connectivity index (χ1v) is 3.85. The predicted molar refractivity (Wildman–Crippen MR) is 45.4 cm³/mol. The van der Waals surface area contributed by atoms with Crippen molar-refractivity contribution in [3.05, 3.63) is 11.1 Å². The van der Waals surface area contributed by atoms with Crippen molar-refractivity contribution in [3.63, 3.8) is 0 Å². The van der Waals surface area contributed by atoms with Crippen LogP contribution in [0.25, 0.3) is 0 Å². The highest BCUT2D eigenvalue weighted by molar-refractivity contribution is 6.29. The topological polar surface area (TPSA) is 26.3 Å². The molecule has 0 radical (unpaired) electrons.